The minimum absolute atomic E-state index is 0.0393. The molecule has 2 aliphatic heterocycles. The number of rotatable bonds is 3. The summed E-state index contributed by atoms with van der Waals surface area (Å²) in [5.74, 6) is 1.22. The summed E-state index contributed by atoms with van der Waals surface area (Å²) in [7, 11) is 0. The molecule has 0 N–H and O–H groups in total. The Bertz CT molecular complexity index is 827. The van der Waals surface area contributed by atoms with Gasteiger partial charge >= 0.3 is 0 Å². The van der Waals surface area contributed by atoms with E-state index in [2.05, 4.69) is 19.8 Å². The van der Waals surface area contributed by atoms with Crippen molar-refractivity contribution in [2.75, 3.05) is 49.1 Å². The number of aromatic nitrogens is 2. The van der Waals surface area contributed by atoms with Crippen LogP contribution in [-0.4, -0.2) is 60.0 Å². The van der Waals surface area contributed by atoms with Gasteiger partial charge in [0.15, 0.2) is 0 Å². The van der Waals surface area contributed by atoms with Gasteiger partial charge in [-0.25, -0.2) is 14.4 Å². The highest BCUT2D eigenvalue weighted by Crippen LogP contribution is 2.21. The van der Waals surface area contributed by atoms with Crippen LogP contribution < -0.4 is 9.80 Å². The van der Waals surface area contributed by atoms with Crippen LogP contribution in [0.5, 0.6) is 0 Å². The number of piperidine rings is 1. The normalized spacial score (nSPS) is 17.7. The highest BCUT2D eigenvalue weighted by atomic mass is 19.1. The van der Waals surface area contributed by atoms with Gasteiger partial charge in [0.2, 0.25) is 0 Å². The zero-order chi connectivity index (χ0) is 19.5. The fraction of sp³-hybridized carbons (Fsp3) is 0.476. The molecule has 0 spiro atoms. The lowest BCUT2D eigenvalue weighted by atomic mass is 10.1. The molecular formula is C21H26FN5O. The zero-order valence-electron chi connectivity index (χ0n) is 16.3. The third kappa shape index (κ3) is 4.08. The van der Waals surface area contributed by atoms with Crippen molar-refractivity contribution in [2.24, 2.45) is 0 Å². The Labute approximate surface area is 165 Å². The zero-order valence-corrected chi connectivity index (χ0v) is 16.3. The number of nitrogens with zero attached hydrogens (tertiary/aromatic N) is 5. The number of hydrogen-bond donors (Lipinski definition) is 0. The van der Waals surface area contributed by atoms with Crippen LogP contribution in [0.25, 0.3) is 0 Å². The Morgan fingerprint density at radius 2 is 1.57 bits per heavy atom. The summed E-state index contributed by atoms with van der Waals surface area (Å²) >= 11 is 0. The molecule has 0 atom stereocenters. The van der Waals surface area contributed by atoms with Crippen LogP contribution in [0.15, 0.2) is 30.3 Å². The van der Waals surface area contributed by atoms with Crippen LogP contribution in [0.1, 0.15) is 35.6 Å². The maximum absolute atomic E-state index is 13.1. The van der Waals surface area contributed by atoms with Crippen molar-refractivity contribution in [2.45, 2.75) is 26.2 Å². The van der Waals surface area contributed by atoms with Gasteiger partial charge < -0.3 is 14.7 Å². The molecule has 0 bridgehead atoms. The standard InChI is InChI=1S/C21H26FN5O/c1-16-23-19(15-20(24-16)26-9-3-2-4-10-26)21(28)27-13-11-25(12-14-27)18-7-5-17(22)6-8-18/h5-8,15H,2-4,9-14H2,1H3. The SMILES string of the molecule is Cc1nc(C(=O)N2CCN(c3ccc(F)cc3)CC2)cc(N2CCCCC2)n1. The van der Waals surface area contributed by atoms with Gasteiger partial charge in [0, 0.05) is 51.0 Å². The maximum atomic E-state index is 13.1. The second kappa shape index (κ2) is 8.12. The van der Waals surface area contributed by atoms with E-state index in [1.807, 2.05) is 17.9 Å². The second-order valence-electron chi connectivity index (χ2n) is 7.46. The smallest absolute Gasteiger partial charge is 0.272 e. The molecule has 28 heavy (non-hydrogen) atoms. The van der Waals surface area contributed by atoms with E-state index < -0.39 is 0 Å². The van der Waals surface area contributed by atoms with Crippen molar-refractivity contribution in [1.82, 2.24) is 14.9 Å². The third-order valence-corrected chi connectivity index (χ3v) is 5.48. The average molecular weight is 383 g/mol. The van der Waals surface area contributed by atoms with Crippen LogP contribution in [0, 0.1) is 12.7 Å². The van der Waals surface area contributed by atoms with Crippen molar-refractivity contribution >= 4 is 17.4 Å². The number of carbonyl (C=O) groups excluding carboxylic acids is 1. The molecule has 0 unspecified atom stereocenters. The van der Waals surface area contributed by atoms with Gasteiger partial charge in [0.05, 0.1) is 0 Å². The minimum atomic E-state index is -0.235. The number of halogens is 1. The Morgan fingerprint density at radius 1 is 0.893 bits per heavy atom. The van der Waals surface area contributed by atoms with E-state index >= 15 is 0 Å². The van der Waals surface area contributed by atoms with Crippen LogP contribution >= 0.6 is 0 Å². The van der Waals surface area contributed by atoms with E-state index in [1.165, 1.54) is 18.6 Å². The summed E-state index contributed by atoms with van der Waals surface area (Å²) in [5, 5.41) is 0. The Morgan fingerprint density at radius 3 is 2.25 bits per heavy atom. The molecule has 148 valence electrons. The molecule has 0 saturated carbocycles. The molecule has 2 aromatic rings. The summed E-state index contributed by atoms with van der Waals surface area (Å²) in [6.07, 6.45) is 3.58. The second-order valence-corrected chi connectivity index (χ2v) is 7.46. The predicted molar refractivity (Wildman–Crippen MR) is 107 cm³/mol. The van der Waals surface area contributed by atoms with E-state index in [0.717, 1.165) is 50.5 Å². The maximum Gasteiger partial charge on any atom is 0.272 e. The first-order chi connectivity index (χ1) is 13.6. The lowest BCUT2D eigenvalue weighted by Crippen LogP contribution is -2.49. The third-order valence-electron chi connectivity index (χ3n) is 5.48. The minimum Gasteiger partial charge on any atom is -0.368 e. The van der Waals surface area contributed by atoms with Crippen molar-refractivity contribution in [3.8, 4) is 0 Å². The van der Waals surface area contributed by atoms with Crippen molar-refractivity contribution in [3.05, 3.63) is 47.7 Å². The van der Waals surface area contributed by atoms with E-state index in [0.29, 0.717) is 24.6 Å². The fourth-order valence-corrected chi connectivity index (χ4v) is 3.93. The van der Waals surface area contributed by atoms with Gasteiger partial charge in [-0.05, 0) is 50.5 Å². The number of hydrogen-bond acceptors (Lipinski definition) is 5. The van der Waals surface area contributed by atoms with E-state index in [4.69, 9.17) is 0 Å². The Balaban J connectivity index is 1.43. The molecule has 4 rings (SSSR count). The molecule has 2 fully saturated rings. The summed E-state index contributed by atoms with van der Waals surface area (Å²) < 4.78 is 13.1. The number of piperazine rings is 1. The first-order valence-electron chi connectivity index (χ1n) is 10.0. The molecule has 0 radical (unpaired) electrons. The van der Waals surface area contributed by atoms with Crippen molar-refractivity contribution in [1.29, 1.82) is 0 Å². The van der Waals surface area contributed by atoms with Gasteiger partial charge in [0.25, 0.3) is 5.91 Å². The molecule has 2 aliphatic rings. The number of anilines is 2. The van der Waals surface area contributed by atoms with Crippen LogP contribution in [-0.2, 0) is 0 Å². The predicted octanol–water partition coefficient (Wildman–Crippen LogP) is 2.88. The van der Waals surface area contributed by atoms with E-state index in [-0.39, 0.29) is 11.7 Å². The number of aryl methyl sites for hydroxylation is 1. The average Bonchev–Trinajstić information content (AvgIpc) is 2.74. The van der Waals surface area contributed by atoms with Crippen molar-refractivity contribution in [3.63, 3.8) is 0 Å². The fourth-order valence-electron chi connectivity index (χ4n) is 3.93. The summed E-state index contributed by atoms with van der Waals surface area (Å²) in [6, 6.07) is 8.35. The molecule has 0 aliphatic carbocycles. The highest BCUT2D eigenvalue weighted by molar-refractivity contribution is 5.93. The number of benzene rings is 1. The lowest BCUT2D eigenvalue weighted by molar-refractivity contribution is 0.0740. The molecule has 1 amide bonds. The summed E-state index contributed by atoms with van der Waals surface area (Å²) in [4.78, 5) is 28.3. The highest BCUT2D eigenvalue weighted by Gasteiger charge is 2.25. The summed E-state index contributed by atoms with van der Waals surface area (Å²) in [6.45, 7) is 6.51. The topological polar surface area (TPSA) is 52.6 Å². The van der Waals surface area contributed by atoms with Crippen LogP contribution in [0.2, 0.25) is 0 Å². The number of carbonyl (C=O) groups is 1. The summed E-state index contributed by atoms with van der Waals surface area (Å²) in [5.41, 5.74) is 1.46. The first kappa shape index (κ1) is 18.7. The van der Waals surface area contributed by atoms with Gasteiger partial charge in [-0.2, -0.15) is 0 Å². The van der Waals surface area contributed by atoms with Crippen molar-refractivity contribution < 1.29 is 9.18 Å². The quantitative estimate of drug-likeness (QED) is 0.816. The largest absolute Gasteiger partial charge is 0.368 e. The molecule has 1 aromatic carbocycles. The Kier molecular flexibility index (Phi) is 5.41. The van der Waals surface area contributed by atoms with Gasteiger partial charge in [-0.15, -0.1) is 0 Å². The monoisotopic (exact) mass is 383 g/mol. The molecule has 6 nitrogen and oxygen atoms in total. The van der Waals surface area contributed by atoms with Gasteiger partial charge in [-0.1, -0.05) is 0 Å². The molecule has 3 heterocycles. The van der Waals surface area contributed by atoms with E-state index in [1.54, 1.807) is 12.1 Å². The van der Waals surface area contributed by atoms with E-state index in [9.17, 15) is 9.18 Å². The molecule has 7 heteroatoms. The van der Waals surface area contributed by atoms with Gasteiger partial charge in [-0.3, -0.25) is 4.79 Å². The van der Waals surface area contributed by atoms with Crippen LogP contribution in [0.3, 0.4) is 0 Å². The molecule has 1 aromatic heterocycles. The molecular weight excluding hydrogens is 357 g/mol. The van der Waals surface area contributed by atoms with Gasteiger partial charge in [0.1, 0.15) is 23.2 Å². The number of amides is 1. The Hall–Kier alpha value is -2.70. The first-order valence-corrected chi connectivity index (χ1v) is 10.0. The molecule has 2 saturated heterocycles. The lowest BCUT2D eigenvalue weighted by Gasteiger charge is -2.36. The van der Waals surface area contributed by atoms with Crippen LogP contribution in [0.4, 0.5) is 15.9 Å².